The van der Waals surface area contributed by atoms with Crippen LogP contribution in [0.3, 0.4) is 0 Å². The van der Waals surface area contributed by atoms with Gasteiger partial charge in [0, 0.05) is 5.88 Å². The number of alkyl halides is 4. The molecule has 0 heterocycles. The molecule has 0 rings (SSSR count). The van der Waals surface area contributed by atoms with Crippen LogP contribution in [-0.4, -0.2) is 40.8 Å². The molecule has 0 aromatic rings. The molecule has 0 unspecified atom stereocenters. The van der Waals surface area contributed by atoms with Crippen molar-refractivity contribution in [2.75, 3.05) is 12.4 Å². The van der Waals surface area contributed by atoms with Crippen molar-refractivity contribution in [2.24, 2.45) is 5.73 Å². The van der Waals surface area contributed by atoms with Crippen molar-refractivity contribution in [3.63, 3.8) is 0 Å². The minimum absolute atomic E-state index is 0. The number of hydrogen-bond acceptors (Lipinski definition) is 3. The normalized spacial score (nSPS) is 13.0. The van der Waals surface area contributed by atoms with Gasteiger partial charge in [0.1, 0.15) is 12.6 Å². The smallest absolute Gasteiger partial charge is 0.319 e. The van der Waals surface area contributed by atoms with Crippen LogP contribution in [0.1, 0.15) is 0 Å². The molecular formula is C5H9Cl2F3N2O2. The van der Waals surface area contributed by atoms with Crippen LogP contribution in [0.2, 0.25) is 0 Å². The van der Waals surface area contributed by atoms with E-state index in [2.05, 4.69) is 0 Å². The monoisotopic (exact) mass is 256 g/mol. The second kappa shape index (κ2) is 6.28. The van der Waals surface area contributed by atoms with Crippen molar-refractivity contribution >= 4 is 29.9 Å². The summed E-state index contributed by atoms with van der Waals surface area (Å²) in [6, 6.07) is -1.32. The molecule has 0 spiro atoms. The van der Waals surface area contributed by atoms with Crippen LogP contribution in [0.4, 0.5) is 13.2 Å². The topological polar surface area (TPSA) is 66.6 Å². The van der Waals surface area contributed by atoms with Crippen molar-refractivity contribution in [1.82, 2.24) is 5.06 Å². The molecule has 1 amide bonds. The van der Waals surface area contributed by atoms with Gasteiger partial charge >= 0.3 is 6.18 Å². The molecule has 0 radical (unpaired) electrons. The summed E-state index contributed by atoms with van der Waals surface area (Å²) in [5.41, 5.74) is 4.99. The van der Waals surface area contributed by atoms with Crippen LogP contribution in [0.5, 0.6) is 0 Å². The average Bonchev–Trinajstić information content (AvgIpc) is 1.98. The second-order valence-electron chi connectivity index (χ2n) is 2.27. The van der Waals surface area contributed by atoms with E-state index in [9.17, 15) is 18.0 Å². The van der Waals surface area contributed by atoms with Gasteiger partial charge in [-0.1, -0.05) is 0 Å². The minimum atomic E-state index is -4.66. The minimum Gasteiger partial charge on any atom is -0.319 e. The molecule has 1 atom stereocenters. The van der Waals surface area contributed by atoms with Gasteiger partial charge in [-0.05, 0) is 0 Å². The first-order chi connectivity index (χ1) is 5.78. The average molecular weight is 257 g/mol. The van der Waals surface area contributed by atoms with Crippen LogP contribution in [-0.2, 0) is 4.79 Å². The van der Waals surface area contributed by atoms with Crippen molar-refractivity contribution in [3.8, 4) is 0 Å². The lowest BCUT2D eigenvalue weighted by Crippen LogP contribution is -2.46. The number of hydroxylamine groups is 2. The van der Waals surface area contributed by atoms with Gasteiger partial charge in [-0.15, -0.1) is 24.0 Å². The van der Waals surface area contributed by atoms with Gasteiger partial charge in [0.25, 0.3) is 5.91 Å². The summed E-state index contributed by atoms with van der Waals surface area (Å²) in [7, 11) is 0. The third kappa shape index (κ3) is 6.25. The molecule has 0 fully saturated rings. The molecule has 86 valence electrons. The Morgan fingerprint density at radius 1 is 1.57 bits per heavy atom. The van der Waals surface area contributed by atoms with E-state index in [4.69, 9.17) is 22.5 Å². The summed E-state index contributed by atoms with van der Waals surface area (Å²) in [5.74, 6) is -1.61. The summed E-state index contributed by atoms with van der Waals surface area (Å²) in [6.45, 7) is -1.75. The largest absolute Gasteiger partial charge is 0.408 e. The maximum atomic E-state index is 11.6. The number of hydrogen-bond donors (Lipinski definition) is 2. The SMILES string of the molecule is Cl.N[C@H](CCl)C(=O)N(O)CC(F)(F)F. The molecule has 0 aromatic carbocycles. The molecule has 0 saturated carbocycles. The third-order valence-corrected chi connectivity index (χ3v) is 1.40. The Labute approximate surface area is 89.2 Å². The summed E-state index contributed by atoms with van der Waals surface area (Å²) in [5, 5.41) is 8.09. The predicted octanol–water partition coefficient (Wildman–Crippen LogP) is 0.754. The Morgan fingerprint density at radius 2 is 2.00 bits per heavy atom. The Morgan fingerprint density at radius 3 is 2.29 bits per heavy atom. The summed E-state index contributed by atoms with van der Waals surface area (Å²) >= 11 is 5.10. The highest BCUT2D eigenvalue weighted by Gasteiger charge is 2.33. The maximum absolute atomic E-state index is 11.6. The highest BCUT2D eigenvalue weighted by Crippen LogP contribution is 2.15. The summed E-state index contributed by atoms with van der Waals surface area (Å²) in [4.78, 5) is 10.7. The lowest BCUT2D eigenvalue weighted by molar-refractivity contribution is -0.213. The molecule has 3 N–H and O–H groups in total. The number of carbonyl (C=O) groups excluding carboxylic acids is 1. The van der Waals surface area contributed by atoms with E-state index in [0.29, 0.717) is 0 Å². The van der Waals surface area contributed by atoms with Gasteiger partial charge in [0.15, 0.2) is 0 Å². The van der Waals surface area contributed by atoms with Gasteiger partial charge in [-0.2, -0.15) is 13.2 Å². The lowest BCUT2D eigenvalue weighted by atomic mass is 10.3. The van der Waals surface area contributed by atoms with E-state index in [1.165, 1.54) is 0 Å². The lowest BCUT2D eigenvalue weighted by Gasteiger charge is -2.18. The van der Waals surface area contributed by atoms with Gasteiger partial charge < -0.3 is 5.73 Å². The van der Waals surface area contributed by atoms with Crippen LogP contribution >= 0.6 is 24.0 Å². The van der Waals surface area contributed by atoms with E-state index in [1.807, 2.05) is 0 Å². The standard InChI is InChI=1S/C5H8ClF3N2O2.ClH/c6-1-3(10)4(12)11(13)2-5(7,8)9;/h3,13H,1-2,10H2;1H/t3-;/m1./s1. The first-order valence-electron chi connectivity index (χ1n) is 3.16. The first-order valence-corrected chi connectivity index (χ1v) is 3.70. The van der Waals surface area contributed by atoms with E-state index < -0.39 is 29.7 Å². The van der Waals surface area contributed by atoms with E-state index in [-0.39, 0.29) is 18.3 Å². The Bertz CT molecular complexity index is 190. The van der Waals surface area contributed by atoms with E-state index >= 15 is 0 Å². The van der Waals surface area contributed by atoms with Crippen molar-refractivity contribution in [1.29, 1.82) is 0 Å². The predicted molar refractivity (Wildman–Crippen MR) is 45.5 cm³/mol. The summed E-state index contributed by atoms with van der Waals surface area (Å²) < 4.78 is 34.8. The molecule has 0 bridgehead atoms. The molecule has 0 saturated heterocycles. The van der Waals surface area contributed by atoms with Gasteiger partial charge in [-0.3, -0.25) is 10.0 Å². The summed E-state index contributed by atoms with van der Waals surface area (Å²) in [6.07, 6.45) is -4.66. The van der Waals surface area contributed by atoms with Crippen LogP contribution in [0.25, 0.3) is 0 Å². The molecule has 4 nitrogen and oxygen atoms in total. The molecule has 0 aliphatic rings. The van der Waals surface area contributed by atoms with Gasteiger partial charge in [-0.25, -0.2) is 5.06 Å². The quantitative estimate of drug-likeness (QED) is 0.445. The fraction of sp³-hybridized carbons (Fsp3) is 0.800. The number of nitrogens with two attached hydrogens (primary N) is 1. The molecular weight excluding hydrogens is 248 g/mol. The Hall–Kier alpha value is -0.240. The molecule has 0 aromatic heterocycles. The zero-order chi connectivity index (χ0) is 10.6. The molecule has 9 heteroatoms. The van der Waals surface area contributed by atoms with E-state index in [0.717, 1.165) is 0 Å². The molecule has 0 aliphatic carbocycles. The Kier molecular flexibility index (Phi) is 7.27. The number of nitrogens with zero attached hydrogens (tertiary/aromatic N) is 1. The highest BCUT2D eigenvalue weighted by molar-refractivity contribution is 6.19. The third-order valence-electron chi connectivity index (χ3n) is 1.07. The van der Waals surface area contributed by atoms with Crippen molar-refractivity contribution in [2.45, 2.75) is 12.2 Å². The number of rotatable bonds is 3. The van der Waals surface area contributed by atoms with Crippen molar-refractivity contribution in [3.05, 3.63) is 0 Å². The Balaban J connectivity index is 0. The van der Waals surface area contributed by atoms with E-state index in [1.54, 1.807) is 0 Å². The van der Waals surface area contributed by atoms with Gasteiger partial charge in [0.05, 0.1) is 0 Å². The molecule has 14 heavy (non-hydrogen) atoms. The fourth-order valence-corrected chi connectivity index (χ4v) is 0.637. The van der Waals surface area contributed by atoms with Crippen LogP contribution < -0.4 is 5.73 Å². The maximum Gasteiger partial charge on any atom is 0.408 e. The zero-order valence-electron chi connectivity index (χ0n) is 6.79. The van der Waals surface area contributed by atoms with Crippen LogP contribution in [0.15, 0.2) is 0 Å². The highest BCUT2D eigenvalue weighted by atomic mass is 35.5. The van der Waals surface area contributed by atoms with Crippen LogP contribution in [0, 0.1) is 0 Å². The first kappa shape index (κ1) is 16.2. The number of carbonyl (C=O) groups is 1. The fourth-order valence-electron chi connectivity index (χ4n) is 0.505. The molecule has 0 aliphatic heterocycles. The number of halogens is 5. The second-order valence-corrected chi connectivity index (χ2v) is 2.58. The van der Waals surface area contributed by atoms with Crippen molar-refractivity contribution < 1.29 is 23.2 Å². The zero-order valence-corrected chi connectivity index (χ0v) is 8.36. The number of amides is 1. The van der Waals surface area contributed by atoms with Gasteiger partial charge in [0.2, 0.25) is 0 Å².